The van der Waals surface area contributed by atoms with E-state index in [0.717, 1.165) is 0 Å². The number of aromatic nitrogens is 5. The Bertz CT molecular complexity index is 647. The van der Waals surface area contributed by atoms with E-state index in [2.05, 4.69) is 20.5 Å². The molecule has 0 unspecified atom stereocenters. The smallest absolute Gasteiger partial charge is 0.266 e. The van der Waals surface area contributed by atoms with Crippen molar-refractivity contribution in [1.82, 2.24) is 29.9 Å². The average molecular weight is 290 g/mol. The molecule has 0 saturated carbocycles. The molecule has 0 aromatic carbocycles. The second-order valence-electron chi connectivity index (χ2n) is 5.04. The highest BCUT2D eigenvalue weighted by Crippen LogP contribution is 1.98. The summed E-state index contributed by atoms with van der Waals surface area (Å²) >= 11 is 0. The Kier molecular flexibility index (Phi) is 4.81. The first-order chi connectivity index (χ1) is 10.1. The maximum absolute atomic E-state index is 11.7. The number of nitrogens with zero attached hydrogens (tertiary/aromatic N) is 5. The summed E-state index contributed by atoms with van der Waals surface area (Å²) in [6.45, 7) is 4.63. The number of amides is 1. The van der Waals surface area contributed by atoms with E-state index in [1.165, 1.54) is 28.1 Å². The summed E-state index contributed by atoms with van der Waals surface area (Å²) in [4.78, 5) is 27.1. The van der Waals surface area contributed by atoms with E-state index in [1.807, 2.05) is 13.8 Å². The van der Waals surface area contributed by atoms with Crippen LogP contribution >= 0.6 is 0 Å². The highest BCUT2D eigenvalue weighted by molar-refractivity contribution is 5.75. The van der Waals surface area contributed by atoms with Crippen LogP contribution in [0.25, 0.3) is 5.82 Å². The molecule has 0 radical (unpaired) electrons. The highest BCUT2D eigenvalue weighted by atomic mass is 16.1. The predicted molar refractivity (Wildman–Crippen MR) is 75.9 cm³/mol. The zero-order valence-corrected chi connectivity index (χ0v) is 12.1. The third-order valence-corrected chi connectivity index (χ3v) is 2.75. The van der Waals surface area contributed by atoms with Crippen LogP contribution < -0.4 is 10.9 Å². The lowest BCUT2D eigenvalue weighted by Crippen LogP contribution is -2.32. The number of carbonyl (C=O) groups excluding carboxylic acids is 1. The molecule has 2 heterocycles. The lowest BCUT2D eigenvalue weighted by molar-refractivity contribution is -0.121. The Morgan fingerprint density at radius 1 is 1.38 bits per heavy atom. The van der Waals surface area contributed by atoms with Crippen molar-refractivity contribution in [3.8, 4) is 5.82 Å². The van der Waals surface area contributed by atoms with Gasteiger partial charge in [-0.15, -0.1) is 5.10 Å². The molecule has 2 rings (SSSR count). The van der Waals surface area contributed by atoms with Crippen LogP contribution in [0.2, 0.25) is 0 Å². The van der Waals surface area contributed by atoms with Gasteiger partial charge in [0.05, 0.1) is 6.54 Å². The first kappa shape index (κ1) is 14.9. The van der Waals surface area contributed by atoms with Gasteiger partial charge in [-0.2, -0.15) is 5.10 Å². The van der Waals surface area contributed by atoms with E-state index in [-0.39, 0.29) is 11.5 Å². The van der Waals surface area contributed by atoms with Crippen LogP contribution in [-0.4, -0.2) is 37.0 Å². The Labute approximate surface area is 121 Å². The van der Waals surface area contributed by atoms with E-state index in [9.17, 15) is 9.59 Å². The molecule has 0 aliphatic rings. The third kappa shape index (κ3) is 4.23. The standard InChI is InChI=1S/C13H18N6O2/c1-10(2)7-12(20)15-5-6-18-13(21)4-3-11(17-18)19-9-14-8-16-19/h3-4,8-10H,5-7H2,1-2H3,(H,15,20). The quantitative estimate of drug-likeness (QED) is 0.807. The van der Waals surface area contributed by atoms with Crippen LogP contribution in [0, 0.1) is 5.92 Å². The molecule has 1 N–H and O–H groups in total. The normalized spacial score (nSPS) is 10.8. The lowest BCUT2D eigenvalue weighted by Gasteiger charge is -2.09. The topological polar surface area (TPSA) is 94.7 Å². The first-order valence-corrected chi connectivity index (χ1v) is 6.76. The van der Waals surface area contributed by atoms with Gasteiger partial charge in [0.2, 0.25) is 5.91 Å². The van der Waals surface area contributed by atoms with E-state index in [4.69, 9.17) is 0 Å². The van der Waals surface area contributed by atoms with E-state index in [1.54, 1.807) is 6.07 Å². The minimum atomic E-state index is -0.225. The van der Waals surface area contributed by atoms with E-state index < -0.39 is 0 Å². The van der Waals surface area contributed by atoms with E-state index in [0.29, 0.717) is 31.2 Å². The molecule has 21 heavy (non-hydrogen) atoms. The van der Waals surface area contributed by atoms with Gasteiger partial charge in [-0.1, -0.05) is 13.8 Å². The predicted octanol–water partition coefficient (Wildman–Crippen LogP) is -0.0137. The molecule has 0 atom stereocenters. The number of rotatable bonds is 6. The molecule has 8 heteroatoms. The Morgan fingerprint density at radius 2 is 2.19 bits per heavy atom. The van der Waals surface area contributed by atoms with Crippen molar-refractivity contribution >= 4 is 5.91 Å². The van der Waals surface area contributed by atoms with Crippen LogP contribution in [0.4, 0.5) is 0 Å². The van der Waals surface area contributed by atoms with Gasteiger partial charge in [0.25, 0.3) is 5.56 Å². The number of nitrogens with one attached hydrogen (secondary N) is 1. The molecule has 0 fully saturated rings. The third-order valence-electron chi connectivity index (χ3n) is 2.75. The van der Waals surface area contributed by atoms with Gasteiger partial charge in [-0.05, 0) is 12.0 Å². The Morgan fingerprint density at radius 3 is 2.86 bits per heavy atom. The molecule has 0 aliphatic carbocycles. The van der Waals surface area contributed by atoms with Gasteiger partial charge >= 0.3 is 0 Å². The summed E-state index contributed by atoms with van der Waals surface area (Å²) in [7, 11) is 0. The number of hydrogen-bond donors (Lipinski definition) is 1. The van der Waals surface area contributed by atoms with Crippen molar-refractivity contribution < 1.29 is 4.79 Å². The van der Waals surface area contributed by atoms with Gasteiger partial charge in [0.1, 0.15) is 12.7 Å². The minimum absolute atomic E-state index is 0.0227. The summed E-state index contributed by atoms with van der Waals surface area (Å²) in [6, 6.07) is 2.99. The fraction of sp³-hybridized carbons (Fsp3) is 0.462. The molecule has 0 bridgehead atoms. The molecule has 2 aromatic rings. The Hall–Kier alpha value is -2.51. The van der Waals surface area contributed by atoms with Gasteiger partial charge < -0.3 is 5.32 Å². The molecule has 0 aliphatic heterocycles. The van der Waals surface area contributed by atoms with Crippen LogP contribution in [0.1, 0.15) is 20.3 Å². The van der Waals surface area contributed by atoms with Crippen LogP contribution in [0.3, 0.4) is 0 Å². The highest BCUT2D eigenvalue weighted by Gasteiger charge is 2.06. The molecule has 2 aromatic heterocycles. The summed E-state index contributed by atoms with van der Waals surface area (Å²) < 4.78 is 2.76. The fourth-order valence-corrected chi connectivity index (χ4v) is 1.79. The van der Waals surface area contributed by atoms with Crippen LogP contribution in [-0.2, 0) is 11.3 Å². The number of carbonyl (C=O) groups is 1. The lowest BCUT2D eigenvalue weighted by atomic mass is 10.1. The van der Waals surface area contributed by atoms with Crippen LogP contribution in [0.15, 0.2) is 29.6 Å². The van der Waals surface area contributed by atoms with Crippen molar-refractivity contribution in [3.05, 3.63) is 35.1 Å². The fourth-order valence-electron chi connectivity index (χ4n) is 1.79. The largest absolute Gasteiger partial charge is 0.354 e. The van der Waals surface area contributed by atoms with Crippen molar-refractivity contribution in [2.45, 2.75) is 26.8 Å². The average Bonchev–Trinajstić information content (AvgIpc) is 2.94. The molecule has 8 nitrogen and oxygen atoms in total. The zero-order valence-electron chi connectivity index (χ0n) is 12.1. The summed E-state index contributed by atoms with van der Waals surface area (Å²) in [5, 5.41) is 10.9. The van der Waals surface area contributed by atoms with Crippen LogP contribution in [0.5, 0.6) is 0 Å². The molecule has 0 saturated heterocycles. The van der Waals surface area contributed by atoms with Crippen molar-refractivity contribution in [3.63, 3.8) is 0 Å². The Balaban J connectivity index is 1.98. The second kappa shape index (κ2) is 6.78. The molecule has 1 amide bonds. The maximum Gasteiger partial charge on any atom is 0.266 e. The zero-order chi connectivity index (χ0) is 15.2. The molecular formula is C13H18N6O2. The first-order valence-electron chi connectivity index (χ1n) is 6.76. The van der Waals surface area contributed by atoms with E-state index >= 15 is 0 Å². The summed E-state index contributed by atoms with van der Waals surface area (Å²) in [6.07, 6.45) is 3.37. The summed E-state index contributed by atoms with van der Waals surface area (Å²) in [5.41, 5.74) is -0.225. The molecular weight excluding hydrogens is 272 g/mol. The van der Waals surface area contributed by atoms with Crippen molar-refractivity contribution in [2.24, 2.45) is 5.92 Å². The van der Waals surface area contributed by atoms with Crippen molar-refractivity contribution in [1.29, 1.82) is 0 Å². The van der Waals surface area contributed by atoms with Gasteiger partial charge in [-0.3, -0.25) is 9.59 Å². The second-order valence-corrected chi connectivity index (χ2v) is 5.04. The molecule has 0 spiro atoms. The monoisotopic (exact) mass is 290 g/mol. The van der Waals surface area contributed by atoms with Gasteiger partial charge in [0.15, 0.2) is 5.82 Å². The SMILES string of the molecule is CC(C)CC(=O)NCCn1nc(-n2cncn2)ccc1=O. The minimum Gasteiger partial charge on any atom is -0.354 e. The number of hydrogen-bond acceptors (Lipinski definition) is 5. The van der Waals surface area contributed by atoms with Crippen molar-refractivity contribution in [2.75, 3.05) is 6.54 Å². The van der Waals surface area contributed by atoms with Gasteiger partial charge in [0, 0.05) is 19.0 Å². The van der Waals surface area contributed by atoms with Gasteiger partial charge in [-0.25, -0.2) is 14.3 Å². The summed E-state index contributed by atoms with van der Waals surface area (Å²) in [5.74, 6) is 0.785. The maximum atomic E-state index is 11.7. The molecule has 112 valence electrons.